The number of likely N-dealkylation sites (tertiary alicyclic amines) is 1. The molecule has 22 heavy (non-hydrogen) atoms. The minimum absolute atomic E-state index is 0.00144. The second-order valence-electron chi connectivity index (χ2n) is 5.79. The normalized spacial score (nSPS) is 25.4. The van der Waals surface area contributed by atoms with E-state index in [1.54, 1.807) is 11.3 Å². The fourth-order valence-corrected chi connectivity index (χ4v) is 5.13. The molecule has 8 heteroatoms. The molecule has 0 saturated carbocycles. The quantitative estimate of drug-likeness (QED) is 0.861. The second kappa shape index (κ2) is 7.37. The summed E-state index contributed by atoms with van der Waals surface area (Å²) in [6.07, 6.45) is 1.94. The van der Waals surface area contributed by atoms with E-state index in [0.29, 0.717) is 26.3 Å². The summed E-state index contributed by atoms with van der Waals surface area (Å²) in [5, 5.41) is 2.08. The molecule has 0 spiro atoms. The fourth-order valence-electron chi connectivity index (χ4n) is 2.99. The Kier molecular flexibility index (Phi) is 5.48. The first kappa shape index (κ1) is 16.4. The number of hydrogen-bond acceptors (Lipinski definition) is 5. The minimum Gasteiger partial charge on any atom is -0.379 e. The zero-order valence-electron chi connectivity index (χ0n) is 12.6. The summed E-state index contributed by atoms with van der Waals surface area (Å²) in [6, 6.07) is 4.19. The van der Waals surface area contributed by atoms with Crippen molar-refractivity contribution in [1.29, 1.82) is 0 Å². The van der Waals surface area contributed by atoms with E-state index >= 15 is 0 Å². The molecule has 0 bridgehead atoms. The van der Waals surface area contributed by atoms with Gasteiger partial charge in [-0.05, 0) is 30.8 Å². The van der Waals surface area contributed by atoms with Crippen LogP contribution in [0.1, 0.15) is 17.7 Å². The minimum atomic E-state index is -3.39. The predicted octanol–water partition coefficient (Wildman–Crippen LogP) is 0.879. The van der Waals surface area contributed by atoms with Crippen molar-refractivity contribution in [3.8, 4) is 0 Å². The van der Waals surface area contributed by atoms with Crippen molar-refractivity contribution in [1.82, 2.24) is 13.9 Å². The largest absolute Gasteiger partial charge is 0.379 e. The van der Waals surface area contributed by atoms with Gasteiger partial charge >= 0.3 is 0 Å². The fraction of sp³-hybridized carbons (Fsp3) is 0.714. The Morgan fingerprint density at radius 2 is 2.14 bits per heavy atom. The van der Waals surface area contributed by atoms with Gasteiger partial charge in [0.2, 0.25) is 0 Å². The van der Waals surface area contributed by atoms with E-state index < -0.39 is 10.2 Å². The van der Waals surface area contributed by atoms with E-state index in [1.165, 1.54) is 9.18 Å². The Morgan fingerprint density at radius 3 is 2.86 bits per heavy atom. The van der Waals surface area contributed by atoms with E-state index in [2.05, 4.69) is 27.1 Å². The molecule has 1 atom stereocenters. The zero-order chi connectivity index (χ0) is 15.4. The van der Waals surface area contributed by atoms with Gasteiger partial charge < -0.3 is 4.74 Å². The number of hydrogen-bond donors (Lipinski definition) is 1. The maximum absolute atomic E-state index is 12.4. The highest BCUT2D eigenvalue weighted by atomic mass is 32.2. The molecule has 124 valence electrons. The summed E-state index contributed by atoms with van der Waals surface area (Å²) >= 11 is 1.75. The van der Waals surface area contributed by atoms with Gasteiger partial charge in [-0.1, -0.05) is 6.07 Å². The van der Waals surface area contributed by atoms with Crippen LogP contribution in [0.25, 0.3) is 0 Å². The third-order valence-electron chi connectivity index (χ3n) is 4.09. The molecule has 0 radical (unpaired) electrons. The number of thiophene rings is 1. The van der Waals surface area contributed by atoms with Gasteiger partial charge in [0.05, 0.1) is 13.2 Å². The molecule has 3 heterocycles. The van der Waals surface area contributed by atoms with Crippen LogP contribution < -0.4 is 4.72 Å². The van der Waals surface area contributed by atoms with Crippen molar-refractivity contribution in [2.75, 3.05) is 39.4 Å². The summed E-state index contributed by atoms with van der Waals surface area (Å²) in [7, 11) is -3.39. The lowest BCUT2D eigenvalue weighted by Crippen LogP contribution is -2.53. The first-order chi connectivity index (χ1) is 10.6. The van der Waals surface area contributed by atoms with Crippen molar-refractivity contribution in [2.24, 2.45) is 0 Å². The first-order valence-corrected chi connectivity index (χ1v) is 10.1. The van der Waals surface area contributed by atoms with Crippen molar-refractivity contribution in [3.63, 3.8) is 0 Å². The van der Waals surface area contributed by atoms with Gasteiger partial charge in [0.15, 0.2) is 0 Å². The Labute approximate surface area is 136 Å². The van der Waals surface area contributed by atoms with Crippen LogP contribution in [0, 0.1) is 0 Å². The van der Waals surface area contributed by atoms with Gasteiger partial charge in [-0.25, -0.2) is 0 Å². The Morgan fingerprint density at radius 1 is 1.32 bits per heavy atom. The van der Waals surface area contributed by atoms with E-state index in [9.17, 15) is 8.42 Å². The molecule has 6 nitrogen and oxygen atoms in total. The molecule has 1 unspecified atom stereocenters. The van der Waals surface area contributed by atoms with Crippen LogP contribution >= 0.6 is 11.3 Å². The Bertz CT molecular complexity index is 556. The molecule has 2 aliphatic heterocycles. The SMILES string of the molecule is O=S(=O)(NC1CCCN(Cc2cccs2)C1)N1CCOCC1. The molecule has 2 fully saturated rings. The molecule has 2 saturated heterocycles. The molecule has 0 aliphatic carbocycles. The number of ether oxygens (including phenoxy) is 1. The summed E-state index contributed by atoms with van der Waals surface area (Å²) in [6.45, 7) is 4.58. The molecule has 1 N–H and O–H groups in total. The topological polar surface area (TPSA) is 61.9 Å². The Hall–Kier alpha value is -0.510. The lowest BCUT2D eigenvalue weighted by molar-refractivity contribution is 0.0719. The molecule has 3 rings (SSSR count). The summed E-state index contributed by atoms with van der Waals surface area (Å²) in [5.41, 5.74) is 0. The number of nitrogens with one attached hydrogen (secondary N) is 1. The predicted molar refractivity (Wildman–Crippen MR) is 87.1 cm³/mol. The first-order valence-electron chi connectivity index (χ1n) is 7.73. The molecular formula is C14H23N3O3S2. The van der Waals surface area contributed by atoms with Gasteiger partial charge in [0.25, 0.3) is 10.2 Å². The highest BCUT2D eigenvalue weighted by Crippen LogP contribution is 2.17. The van der Waals surface area contributed by atoms with E-state index in [1.807, 2.05) is 0 Å². The van der Waals surface area contributed by atoms with E-state index in [0.717, 1.165) is 32.5 Å². The van der Waals surface area contributed by atoms with Gasteiger partial charge in [-0.15, -0.1) is 11.3 Å². The summed E-state index contributed by atoms with van der Waals surface area (Å²) in [5.74, 6) is 0. The number of piperidine rings is 1. The summed E-state index contributed by atoms with van der Waals surface area (Å²) < 4.78 is 34.4. The molecular weight excluding hydrogens is 322 g/mol. The lowest BCUT2D eigenvalue weighted by Gasteiger charge is -2.34. The van der Waals surface area contributed by atoms with Crippen LogP contribution in [0.5, 0.6) is 0 Å². The summed E-state index contributed by atoms with van der Waals surface area (Å²) in [4.78, 5) is 3.67. The Balaban J connectivity index is 1.55. The highest BCUT2D eigenvalue weighted by molar-refractivity contribution is 7.87. The second-order valence-corrected chi connectivity index (χ2v) is 8.52. The van der Waals surface area contributed by atoms with E-state index in [-0.39, 0.29) is 6.04 Å². The number of nitrogens with zero attached hydrogens (tertiary/aromatic N) is 2. The highest BCUT2D eigenvalue weighted by Gasteiger charge is 2.29. The van der Waals surface area contributed by atoms with Crippen LogP contribution in [0.2, 0.25) is 0 Å². The molecule has 2 aliphatic rings. The molecule has 1 aromatic rings. The average molecular weight is 345 g/mol. The van der Waals surface area contributed by atoms with Crippen LogP contribution in [-0.4, -0.2) is 63.1 Å². The average Bonchev–Trinajstić information content (AvgIpc) is 3.01. The van der Waals surface area contributed by atoms with Crippen molar-refractivity contribution >= 4 is 21.5 Å². The van der Waals surface area contributed by atoms with Gasteiger partial charge in [-0.3, -0.25) is 4.90 Å². The van der Waals surface area contributed by atoms with Gasteiger partial charge in [0.1, 0.15) is 0 Å². The van der Waals surface area contributed by atoms with Crippen LogP contribution in [0.3, 0.4) is 0 Å². The van der Waals surface area contributed by atoms with Crippen molar-refractivity contribution in [3.05, 3.63) is 22.4 Å². The van der Waals surface area contributed by atoms with Gasteiger partial charge in [-0.2, -0.15) is 17.4 Å². The monoisotopic (exact) mass is 345 g/mol. The van der Waals surface area contributed by atoms with Crippen LogP contribution in [0.15, 0.2) is 17.5 Å². The zero-order valence-corrected chi connectivity index (χ0v) is 14.2. The number of rotatable bonds is 5. The lowest BCUT2D eigenvalue weighted by atomic mass is 10.1. The third kappa shape index (κ3) is 4.27. The molecule has 0 aromatic carbocycles. The van der Waals surface area contributed by atoms with Crippen molar-refractivity contribution < 1.29 is 13.2 Å². The van der Waals surface area contributed by atoms with Crippen LogP contribution in [0.4, 0.5) is 0 Å². The maximum Gasteiger partial charge on any atom is 0.279 e. The number of morpholine rings is 1. The van der Waals surface area contributed by atoms with Crippen LogP contribution in [-0.2, 0) is 21.5 Å². The maximum atomic E-state index is 12.4. The van der Waals surface area contributed by atoms with Crippen molar-refractivity contribution in [2.45, 2.75) is 25.4 Å². The third-order valence-corrected chi connectivity index (χ3v) is 6.63. The standard InChI is InChI=1S/C14H23N3O3S2/c18-22(19,17-6-8-20-9-7-17)15-13-3-1-5-16(11-13)12-14-4-2-10-21-14/h2,4,10,13,15H,1,3,5-9,11-12H2. The molecule has 0 amide bonds. The smallest absolute Gasteiger partial charge is 0.279 e. The molecule has 1 aromatic heterocycles. The van der Waals surface area contributed by atoms with Gasteiger partial charge in [0, 0.05) is 37.1 Å². The van der Waals surface area contributed by atoms with E-state index in [4.69, 9.17) is 4.74 Å².